The van der Waals surface area contributed by atoms with E-state index in [9.17, 15) is 0 Å². The van der Waals surface area contributed by atoms with Gasteiger partial charge in [-0.1, -0.05) is 87.5 Å². The van der Waals surface area contributed by atoms with E-state index in [-0.39, 0.29) is 0 Å². The summed E-state index contributed by atoms with van der Waals surface area (Å²) in [6.45, 7) is 19.2. The third-order valence-electron chi connectivity index (χ3n) is 3.62. The van der Waals surface area contributed by atoms with Crippen LogP contribution in [-0.4, -0.2) is 5.66 Å². The Morgan fingerprint density at radius 2 is 1.21 bits per heavy atom. The number of hydrogen-bond donors (Lipinski definition) is 0. The molecule has 2 aromatic carbocycles. The highest BCUT2D eigenvalue weighted by Gasteiger charge is 2.27. The summed E-state index contributed by atoms with van der Waals surface area (Å²) in [6.07, 6.45) is 13.4. The van der Waals surface area contributed by atoms with Crippen molar-refractivity contribution >= 4 is 18.5 Å². The Balaban J connectivity index is 0. The van der Waals surface area contributed by atoms with Crippen LogP contribution in [0, 0.1) is 0 Å². The van der Waals surface area contributed by atoms with Crippen molar-refractivity contribution in [3.8, 4) is 0 Å². The van der Waals surface area contributed by atoms with Crippen molar-refractivity contribution in [2.75, 3.05) is 0 Å². The van der Waals surface area contributed by atoms with Crippen LogP contribution in [0.5, 0.6) is 0 Å². The first-order valence-electron chi connectivity index (χ1n) is 10.6. The maximum Gasteiger partial charge on any atom is 0.0973 e. The molecule has 0 aliphatic carbocycles. The minimum Gasteiger partial charge on any atom is -0.103 e. The van der Waals surface area contributed by atoms with Gasteiger partial charge in [0.05, 0.1) is 24.2 Å². The maximum absolute atomic E-state index is 3.48. The Morgan fingerprint density at radius 3 is 1.52 bits per heavy atom. The fraction of sp³-hybridized carbons (Fsp3) is 0.286. The zero-order valence-corrected chi connectivity index (χ0v) is 20.4. The van der Waals surface area contributed by atoms with Gasteiger partial charge in [0.25, 0.3) is 0 Å². The van der Waals surface area contributed by atoms with Crippen molar-refractivity contribution in [1.29, 1.82) is 0 Å². The summed E-state index contributed by atoms with van der Waals surface area (Å²) >= 11 is 0. The first kappa shape index (κ1) is 29.0. The zero-order valence-electron chi connectivity index (χ0n) is 19.4. The molecule has 0 aliphatic heterocycles. The number of hydrogen-bond acceptors (Lipinski definition) is 0. The van der Waals surface area contributed by atoms with E-state index in [0.717, 1.165) is 6.42 Å². The molecule has 0 amide bonds. The molecule has 0 saturated carbocycles. The molecule has 0 heterocycles. The number of allylic oxidation sites excluding steroid dienone is 6. The first-order chi connectivity index (χ1) is 14.2. The van der Waals surface area contributed by atoms with Gasteiger partial charge in [0.2, 0.25) is 0 Å². The Morgan fingerprint density at radius 1 is 0.828 bits per heavy atom. The lowest BCUT2D eigenvalue weighted by atomic mass is 10.3. The van der Waals surface area contributed by atoms with E-state index in [1.807, 2.05) is 26.8 Å². The molecular formula is C28H42P+. The average Bonchev–Trinajstić information content (AvgIpc) is 2.78. The van der Waals surface area contributed by atoms with Crippen LogP contribution in [0.4, 0.5) is 0 Å². The normalized spacial score (nSPS) is 10.7. The molecule has 158 valence electrons. The van der Waals surface area contributed by atoms with E-state index < -0.39 is 7.92 Å². The second-order valence-corrected chi connectivity index (χ2v) is 8.84. The van der Waals surface area contributed by atoms with Crippen LogP contribution in [0.3, 0.4) is 0 Å². The fourth-order valence-electron chi connectivity index (χ4n) is 2.37. The first-order valence-corrected chi connectivity index (χ1v) is 12.2. The molecule has 0 spiro atoms. The van der Waals surface area contributed by atoms with E-state index in [2.05, 4.69) is 119 Å². The molecule has 0 aromatic heterocycles. The summed E-state index contributed by atoms with van der Waals surface area (Å²) in [5.74, 6) is 0. The minimum absolute atomic E-state index is 0.556. The van der Waals surface area contributed by atoms with Gasteiger partial charge in [-0.2, -0.15) is 0 Å². The van der Waals surface area contributed by atoms with Crippen LogP contribution in [0.2, 0.25) is 0 Å². The average molecular weight is 410 g/mol. The molecule has 1 heteroatoms. The van der Waals surface area contributed by atoms with Gasteiger partial charge in [-0.05, 0) is 57.5 Å². The molecule has 29 heavy (non-hydrogen) atoms. The van der Waals surface area contributed by atoms with Crippen LogP contribution < -0.4 is 10.6 Å². The quantitative estimate of drug-likeness (QED) is 0.256. The van der Waals surface area contributed by atoms with Crippen LogP contribution in [0.1, 0.15) is 48.0 Å². The van der Waals surface area contributed by atoms with Crippen molar-refractivity contribution in [2.45, 2.75) is 53.6 Å². The highest BCUT2D eigenvalue weighted by atomic mass is 31.1. The molecule has 1 atom stereocenters. The van der Waals surface area contributed by atoms with Gasteiger partial charge in [0, 0.05) is 0 Å². The molecule has 0 fully saturated rings. The lowest BCUT2D eigenvalue weighted by Crippen LogP contribution is -2.18. The fourth-order valence-corrected chi connectivity index (χ4v) is 5.16. The minimum atomic E-state index is -0.779. The highest BCUT2D eigenvalue weighted by molar-refractivity contribution is 7.73. The van der Waals surface area contributed by atoms with Crippen LogP contribution in [-0.2, 0) is 0 Å². The van der Waals surface area contributed by atoms with E-state index in [1.165, 1.54) is 10.6 Å². The molecule has 2 aromatic rings. The molecule has 0 bridgehead atoms. The van der Waals surface area contributed by atoms with Crippen molar-refractivity contribution < 1.29 is 0 Å². The topological polar surface area (TPSA) is 0 Å². The zero-order chi connectivity index (χ0) is 22.3. The third kappa shape index (κ3) is 14.5. The van der Waals surface area contributed by atoms with E-state index in [0.29, 0.717) is 5.66 Å². The van der Waals surface area contributed by atoms with E-state index >= 15 is 0 Å². The Labute approximate surface area is 182 Å². The van der Waals surface area contributed by atoms with E-state index in [1.54, 1.807) is 6.08 Å². The molecule has 0 N–H and O–H groups in total. The van der Waals surface area contributed by atoms with Crippen molar-refractivity contribution in [3.05, 3.63) is 110 Å². The highest BCUT2D eigenvalue weighted by Crippen LogP contribution is 2.39. The lowest BCUT2D eigenvalue weighted by Gasteiger charge is -2.14. The summed E-state index contributed by atoms with van der Waals surface area (Å²) in [4.78, 5) is 0. The standard InChI is InChI=1S/C19H21P.C4H8.C3H6.C2H6/c1-3-4-7-12-17(2)20(18-13-8-5-9-14-18)19-15-10-6-11-16-19;1-3-4-2;1-3-2;1-2/h3-17H,1-2H3;3H,1,4H2,2H3;3H,1H2,2H3;1-2H3/p+1/b4-3-,12-7-;;;. The lowest BCUT2D eigenvalue weighted by molar-refractivity contribution is 1.23. The van der Waals surface area contributed by atoms with Crippen LogP contribution in [0.25, 0.3) is 0 Å². The molecule has 0 saturated heterocycles. The van der Waals surface area contributed by atoms with Gasteiger partial charge in [0.15, 0.2) is 0 Å². The maximum atomic E-state index is 3.48. The summed E-state index contributed by atoms with van der Waals surface area (Å²) in [5.41, 5.74) is 0.556. The monoisotopic (exact) mass is 409 g/mol. The van der Waals surface area contributed by atoms with Crippen molar-refractivity contribution in [2.24, 2.45) is 0 Å². The SMILES string of the molecule is C/C=C\C=C/C(C)[PH+](c1ccccc1)c1ccccc1.C=CC.C=CCC.CC. The van der Waals surface area contributed by atoms with Gasteiger partial charge in [-0.25, -0.2) is 0 Å². The van der Waals surface area contributed by atoms with Gasteiger partial charge < -0.3 is 0 Å². The molecule has 0 aliphatic rings. The Bertz CT molecular complexity index is 614. The smallest absolute Gasteiger partial charge is 0.0973 e. The summed E-state index contributed by atoms with van der Waals surface area (Å²) in [7, 11) is -0.779. The molecule has 1 unspecified atom stereocenters. The largest absolute Gasteiger partial charge is 0.103 e. The Kier molecular flexibility index (Phi) is 22.1. The number of rotatable bonds is 6. The molecule has 0 nitrogen and oxygen atoms in total. The molecular weight excluding hydrogens is 367 g/mol. The summed E-state index contributed by atoms with van der Waals surface area (Å²) < 4.78 is 0. The van der Waals surface area contributed by atoms with Gasteiger partial charge in [-0.15, -0.1) is 13.2 Å². The second-order valence-electron chi connectivity index (χ2n) is 5.95. The van der Waals surface area contributed by atoms with Crippen LogP contribution >= 0.6 is 7.92 Å². The third-order valence-corrected chi connectivity index (χ3v) is 6.63. The van der Waals surface area contributed by atoms with Crippen LogP contribution in [0.15, 0.2) is 110 Å². The number of benzene rings is 2. The van der Waals surface area contributed by atoms with Crippen molar-refractivity contribution in [1.82, 2.24) is 0 Å². The summed E-state index contributed by atoms with van der Waals surface area (Å²) in [5, 5.41) is 2.95. The van der Waals surface area contributed by atoms with Gasteiger partial charge in [-0.3, -0.25) is 0 Å². The predicted molar refractivity (Wildman–Crippen MR) is 142 cm³/mol. The summed E-state index contributed by atoms with van der Waals surface area (Å²) in [6, 6.07) is 21.8. The molecule has 0 radical (unpaired) electrons. The van der Waals surface area contributed by atoms with Gasteiger partial charge >= 0.3 is 0 Å². The van der Waals surface area contributed by atoms with E-state index in [4.69, 9.17) is 0 Å². The Hall–Kier alpha value is -2.17. The molecule has 2 rings (SSSR count). The van der Waals surface area contributed by atoms with Gasteiger partial charge in [0.1, 0.15) is 0 Å². The second kappa shape index (κ2) is 22.1. The van der Waals surface area contributed by atoms with Crippen molar-refractivity contribution in [3.63, 3.8) is 0 Å². The predicted octanol–water partition coefficient (Wildman–Crippen LogP) is 8.17.